The Labute approximate surface area is 86.9 Å². The number of benzene rings is 1. The van der Waals surface area contributed by atoms with Gasteiger partial charge in [-0.1, -0.05) is 6.07 Å². The van der Waals surface area contributed by atoms with Crippen molar-refractivity contribution in [3.05, 3.63) is 30.7 Å². The van der Waals surface area contributed by atoms with Gasteiger partial charge < -0.3 is 9.47 Å². The number of aromatic nitrogens is 2. The van der Waals surface area contributed by atoms with E-state index in [1.54, 1.807) is 6.20 Å². The third-order valence-corrected chi connectivity index (χ3v) is 2.34. The van der Waals surface area contributed by atoms with Crippen LogP contribution in [0.3, 0.4) is 0 Å². The van der Waals surface area contributed by atoms with Crippen molar-refractivity contribution in [3.63, 3.8) is 0 Å². The zero-order chi connectivity index (χ0) is 10.1. The maximum atomic E-state index is 5.64. The standard InChI is InChI=1S/C11H10N2O2/c1-2-10-9(4-12-7-13-10)11(3-1)15-6-8-5-14-8/h1-4,7-8H,5-6H2. The van der Waals surface area contributed by atoms with Crippen LogP contribution in [0.4, 0.5) is 0 Å². The van der Waals surface area contributed by atoms with E-state index in [9.17, 15) is 0 Å². The van der Waals surface area contributed by atoms with E-state index in [0.717, 1.165) is 23.3 Å². The van der Waals surface area contributed by atoms with Gasteiger partial charge in [-0.2, -0.15) is 0 Å². The van der Waals surface area contributed by atoms with Crippen LogP contribution in [0.2, 0.25) is 0 Å². The molecule has 1 aliphatic rings. The first-order chi connectivity index (χ1) is 7.43. The van der Waals surface area contributed by atoms with E-state index in [-0.39, 0.29) is 6.10 Å². The van der Waals surface area contributed by atoms with Crippen molar-refractivity contribution in [2.45, 2.75) is 6.10 Å². The van der Waals surface area contributed by atoms with Gasteiger partial charge in [0.1, 0.15) is 24.8 Å². The summed E-state index contributed by atoms with van der Waals surface area (Å²) in [7, 11) is 0. The van der Waals surface area contributed by atoms with Crippen LogP contribution >= 0.6 is 0 Å². The third kappa shape index (κ3) is 1.76. The Hall–Kier alpha value is -1.68. The second kappa shape index (κ2) is 3.47. The predicted molar refractivity (Wildman–Crippen MR) is 54.8 cm³/mol. The average molecular weight is 202 g/mol. The largest absolute Gasteiger partial charge is 0.490 e. The zero-order valence-corrected chi connectivity index (χ0v) is 8.09. The molecule has 1 aromatic carbocycles. The van der Waals surface area contributed by atoms with Gasteiger partial charge in [-0.3, -0.25) is 0 Å². The molecule has 1 aromatic heterocycles. The van der Waals surface area contributed by atoms with Crippen LogP contribution in [-0.4, -0.2) is 29.3 Å². The molecule has 3 rings (SSSR count). The molecule has 15 heavy (non-hydrogen) atoms. The van der Waals surface area contributed by atoms with Crippen molar-refractivity contribution in [2.75, 3.05) is 13.2 Å². The molecule has 0 amide bonds. The van der Waals surface area contributed by atoms with Crippen molar-refractivity contribution >= 4 is 10.9 Å². The first kappa shape index (κ1) is 8.61. The smallest absolute Gasteiger partial charge is 0.130 e. The molecule has 1 fully saturated rings. The molecule has 0 N–H and O–H groups in total. The summed E-state index contributed by atoms with van der Waals surface area (Å²) in [6.07, 6.45) is 3.58. The van der Waals surface area contributed by atoms with E-state index in [0.29, 0.717) is 6.61 Å². The van der Waals surface area contributed by atoms with Gasteiger partial charge in [-0.05, 0) is 12.1 Å². The first-order valence-corrected chi connectivity index (χ1v) is 4.86. The van der Waals surface area contributed by atoms with Crippen LogP contribution in [0, 0.1) is 0 Å². The number of hydrogen-bond acceptors (Lipinski definition) is 4. The maximum Gasteiger partial charge on any atom is 0.130 e. The summed E-state index contributed by atoms with van der Waals surface area (Å²) in [5.74, 6) is 0.823. The van der Waals surface area contributed by atoms with Crippen molar-refractivity contribution in [2.24, 2.45) is 0 Å². The molecule has 0 radical (unpaired) electrons. The molecule has 2 heterocycles. The lowest BCUT2D eigenvalue weighted by Crippen LogP contribution is -2.04. The number of hydrogen-bond donors (Lipinski definition) is 0. The molecule has 0 saturated carbocycles. The summed E-state index contributed by atoms with van der Waals surface area (Å²) in [6, 6.07) is 5.80. The molecule has 0 bridgehead atoms. The van der Waals surface area contributed by atoms with Crippen LogP contribution in [-0.2, 0) is 4.74 Å². The van der Waals surface area contributed by atoms with Crippen LogP contribution in [0.5, 0.6) is 5.75 Å². The van der Waals surface area contributed by atoms with Gasteiger partial charge >= 0.3 is 0 Å². The van der Waals surface area contributed by atoms with E-state index in [1.807, 2.05) is 18.2 Å². The second-order valence-corrected chi connectivity index (χ2v) is 3.48. The van der Waals surface area contributed by atoms with Gasteiger partial charge in [0, 0.05) is 6.20 Å². The summed E-state index contributed by atoms with van der Waals surface area (Å²) >= 11 is 0. The van der Waals surface area contributed by atoms with E-state index in [4.69, 9.17) is 9.47 Å². The Kier molecular flexibility index (Phi) is 1.99. The minimum atomic E-state index is 0.268. The normalized spacial score (nSPS) is 19.1. The van der Waals surface area contributed by atoms with Gasteiger partial charge in [0.15, 0.2) is 0 Å². The highest BCUT2D eigenvalue weighted by atomic mass is 16.6. The fraction of sp³-hybridized carbons (Fsp3) is 0.273. The summed E-state index contributed by atoms with van der Waals surface area (Å²) in [6.45, 7) is 1.41. The molecule has 1 atom stereocenters. The second-order valence-electron chi connectivity index (χ2n) is 3.48. The molecule has 76 valence electrons. The lowest BCUT2D eigenvalue weighted by Gasteiger charge is -2.06. The molecule has 1 saturated heterocycles. The van der Waals surface area contributed by atoms with Crippen molar-refractivity contribution in [3.8, 4) is 5.75 Å². The highest BCUT2D eigenvalue weighted by molar-refractivity contribution is 5.83. The van der Waals surface area contributed by atoms with Gasteiger partial charge in [-0.25, -0.2) is 9.97 Å². The minimum Gasteiger partial charge on any atom is -0.490 e. The molecule has 1 unspecified atom stereocenters. The van der Waals surface area contributed by atoms with Gasteiger partial charge in [0.25, 0.3) is 0 Å². The van der Waals surface area contributed by atoms with E-state index in [2.05, 4.69) is 9.97 Å². The highest BCUT2D eigenvalue weighted by Crippen LogP contribution is 2.23. The van der Waals surface area contributed by atoms with Crippen molar-refractivity contribution in [1.82, 2.24) is 9.97 Å². The lowest BCUT2D eigenvalue weighted by atomic mass is 10.2. The topological polar surface area (TPSA) is 47.5 Å². The summed E-state index contributed by atoms with van der Waals surface area (Å²) < 4.78 is 10.7. The quantitative estimate of drug-likeness (QED) is 0.706. The number of rotatable bonds is 3. The van der Waals surface area contributed by atoms with Gasteiger partial charge in [-0.15, -0.1) is 0 Å². The molecule has 4 nitrogen and oxygen atoms in total. The van der Waals surface area contributed by atoms with E-state index >= 15 is 0 Å². The highest BCUT2D eigenvalue weighted by Gasteiger charge is 2.23. The van der Waals surface area contributed by atoms with Crippen molar-refractivity contribution < 1.29 is 9.47 Å². The Bertz CT molecular complexity index is 477. The average Bonchev–Trinajstić information content (AvgIpc) is 3.10. The lowest BCUT2D eigenvalue weighted by molar-refractivity contribution is 0.265. The fourth-order valence-electron chi connectivity index (χ4n) is 1.45. The summed E-state index contributed by atoms with van der Waals surface area (Å²) in [4.78, 5) is 8.16. The Morgan fingerprint density at radius 1 is 1.47 bits per heavy atom. The molecule has 1 aliphatic heterocycles. The first-order valence-electron chi connectivity index (χ1n) is 4.86. The van der Waals surface area contributed by atoms with Gasteiger partial charge in [0.2, 0.25) is 0 Å². The third-order valence-electron chi connectivity index (χ3n) is 2.34. The Morgan fingerprint density at radius 2 is 2.40 bits per heavy atom. The minimum absolute atomic E-state index is 0.268. The zero-order valence-electron chi connectivity index (χ0n) is 8.09. The number of ether oxygens (including phenoxy) is 2. The molecule has 0 aliphatic carbocycles. The predicted octanol–water partition coefficient (Wildman–Crippen LogP) is 1.41. The van der Waals surface area contributed by atoms with E-state index in [1.165, 1.54) is 6.33 Å². The van der Waals surface area contributed by atoms with Gasteiger partial charge in [0.05, 0.1) is 17.5 Å². The summed E-state index contributed by atoms with van der Waals surface area (Å²) in [5.41, 5.74) is 0.902. The number of nitrogens with zero attached hydrogens (tertiary/aromatic N) is 2. The van der Waals surface area contributed by atoms with Crippen molar-refractivity contribution in [1.29, 1.82) is 0 Å². The Morgan fingerprint density at radius 3 is 3.27 bits per heavy atom. The SMILES string of the molecule is c1cc(OCC2CO2)c2cncnc2c1. The maximum absolute atomic E-state index is 5.64. The fourth-order valence-corrected chi connectivity index (χ4v) is 1.45. The molecule has 2 aromatic rings. The van der Waals surface area contributed by atoms with Crippen LogP contribution in [0.15, 0.2) is 30.7 Å². The van der Waals surface area contributed by atoms with Crippen LogP contribution < -0.4 is 4.74 Å². The monoisotopic (exact) mass is 202 g/mol. The summed E-state index contributed by atoms with van der Waals surface area (Å²) in [5, 5.41) is 0.945. The number of fused-ring (bicyclic) bond motifs is 1. The van der Waals surface area contributed by atoms with Crippen LogP contribution in [0.25, 0.3) is 10.9 Å². The molecule has 4 heteroatoms. The number of epoxide rings is 1. The van der Waals surface area contributed by atoms with E-state index < -0.39 is 0 Å². The molecular weight excluding hydrogens is 192 g/mol. The van der Waals surface area contributed by atoms with Crippen LogP contribution in [0.1, 0.15) is 0 Å². The Balaban J connectivity index is 1.93. The molecular formula is C11H10N2O2. The molecule has 0 spiro atoms.